The molecule has 1 aromatic rings. The maximum Gasteiger partial charge on any atom is 0.154 e. The molecule has 0 N–H and O–H groups in total. The molecule has 0 aliphatic heterocycles. The van der Waals surface area contributed by atoms with Crippen molar-refractivity contribution in [1.29, 1.82) is 0 Å². The van der Waals surface area contributed by atoms with E-state index in [1.54, 1.807) is 0 Å². The molecule has 2 rings (SSSR count). The molecule has 1 saturated carbocycles. The fraction of sp³-hybridized carbons (Fsp3) is 0.625. The predicted molar refractivity (Wildman–Crippen MR) is 115 cm³/mol. The Balaban J connectivity index is 0.000000574. The first kappa shape index (κ1) is 25.6. The number of rotatable bonds is 8. The average Bonchev–Trinajstić information content (AvgIpc) is 2.71. The van der Waals surface area contributed by atoms with Gasteiger partial charge in [-0.25, -0.2) is 0 Å². The number of carbonyl (C=O) groups excluding carboxylic acids is 1. The number of aldehydes is 1. The van der Waals surface area contributed by atoms with Crippen LogP contribution in [0.25, 0.3) is 0 Å². The summed E-state index contributed by atoms with van der Waals surface area (Å²) in [6, 6.07) is 8.02. The van der Waals surface area contributed by atoms with Gasteiger partial charge >= 0.3 is 0 Å². The molecular weight excluding hydrogens is 336 g/mol. The molecule has 1 aliphatic carbocycles. The Kier molecular flexibility index (Phi) is 15.8. The van der Waals surface area contributed by atoms with Crippen molar-refractivity contribution in [3.8, 4) is 0 Å². The molecule has 1 aliphatic rings. The second kappa shape index (κ2) is 16.7. The molecule has 3 nitrogen and oxygen atoms in total. The van der Waals surface area contributed by atoms with Crippen LogP contribution in [-0.4, -0.2) is 25.8 Å². The summed E-state index contributed by atoms with van der Waals surface area (Å²) in [6.07, 6.45) is 8.81. The van der Waals surface area contributed by atoms with E-state index in [-0.39, 0.29) is 6.29 Å². The number of hydrogen-bond donors (Lipinski definition) is 0. The highest BCUT2D eigenvalue weighted by molar-refractivity contribution is 5.77. The van der Waals surface area contributed by atoms with E-state index in [1.165, 1.54) is 37.7 Å². The van der Waals surface area contributed by atoms with Crippen LogP contribution in [0.4, 0.5) is 0 Å². The quantitative estimate of drug-likeness (QED) is 0.296. The molecule has 0 atom stereocenters. The zero-order chi connectivity index (χ0) is 20.5. The minimum Gasteiger partial charge on any atom is -0.353 e. The van der Waals surface area contributed by atoms with Gasteiger partial charge in [0.05, 0.1) is 0 Å². The third kappa shape index (κ3) is 11.1. The maximum absolute atomic E-state index is 11.0. The number of ether oxygens (including phenoxy) is 2. The van der Waals surface area contributed by atoms with Crippen LogP contribution < -0.4 is 0 Å². The third-order valence-electron chi connectivity index (χ3n) is 5.04. The summed E-state index contributed by atoms with van der Waals surface area (Å²) in [7, 11) is 0. The van der Waals surface area contributed by atoms with Crippen LogP contribution in [0.1, 0.15) is 75.7 Å². The molecule has 0 amide bonds. The molecular formula is C24H40O3. The van der Waals surface area contributed by atoms with Crippen LogP contribution in [-0.2, 0) is 15.9 Å². The van der Waals surface area contributed by atoms with Crippen molar-refractivity contribution in [3.05, 3.63) is 48.6 Å². The van der Waals surface area contributed by atoms with Crippen LogP contribution >= 0.6 is 0 Å². The Hall–Kier alpha value is -1.45. The Labute approximate surface area is 167 Å². The summed E-state index contributed by atoms with van der Waals surface area (Å²) in [6.45, 7) is 15.5. The zero-order valence-corrected chi connectivity index (χ0v) is 17.9. The average molecular weight is 377 g/mol. The van der Waals surface area contributed by atoms with Crippen LogP contribution in [0.2, 0.25) is 0 Å². The van der Waals surface area contributed by atoms with Gasteiger partial charge < -0.3 is 9.47 Å². The third-order valence-corrected chi connectivity index (χ3v) is 5.04. The van der Waals surface area contributed by atoms with E-state index in [2.05, 4.69) is 26.1 Å². The van der Waals surface area contributed by atoms with Crippen LogP contribution in [0.15, 0.2) is 37.4 Å². The van der Waals surface area contributed by atoms with Gasteiger partial charge in [0, 0.05) is 18.8 Å². The smallest absolute Gasteiger partial charge is 0.154 e. The van der Waals surface area contributed by atoms with E-state index in [0.717, 1.165) is 43.3 Å². The highest BCUT2D eigenvalue weighted by Gasteiger charge is 2.20. The Bertz CT molecular complexity index is 472. The highest BCUT2D eigenvalue weighted by Crippen LogP contribution is 2.32. The molecule has 0 spiro atoms. The topological polar surface area (TPSA) is 35.5 Å². The van der Waals surface area contributed by atoms with Crippen molar-refractivity contribution >= 4 is 6.29 Å². The van der Waals surface area contributed by atoms with Crippen LogP contribution in [0.3, 0.4) is 0 Å². The predicted octanol–water partition coefficient (Wildman–Crippen LogP) is 6.47. The van der Waals surface area contributed by atoms with Crippen LogP contribution in [0, 0.1) is 11.8 Å². The van der Waals surface area contributed by atoms with Crippen molar-refractivity contribution in [2.24, 2.45) is 11.8 Å². The van der Waals surface area contributed by atoms with Gasteiger partial charge in [0.15, 0.2) is 6.29 Å². The molecule has 3 heteroatoms. The van der Waals surface area contributed by atoms with E-state index < -0.39 is 0 Å². The molecule has 0 unspecified atom stereocenters. The fourth-order valence-corrected chi connectivity index (χ4v) is 3.51. The van der Waals surface area contributed by atoms with E-state index >= 15 is 0 Å². The van der Waals surface area contributed by atoms with Gasteiger partial charge in [-0.3, -0.25) is 4.79 Å². The normalized spacial score (nSPS) is 18.7. The Morgan fingerprint density at radius 2 is 1.52 bits per heavy atom. The minimum absolute atomic E-state index is 0.0370. The first-order valence-corrected chi connectivity index (χ1v) is 10.4. The number of hydrogen-bond acceptors (Lipinski definition) is 3. The zero-order valence-electron chi connectivity index (χ0n) is 17.9. The van der Waals surface area contributed by atoms with Gasteiger partial charge in [-0.15, -0.1) is 13.2 Å². The van der Waals surface area contributed by atoms with Gasteiger partial charge in [0.1, 0.15) is 6.29 Å². The first-order valence-electron chi connectivity index (χ1n) is 10.4. The van der Waals surface area contributed by atoms with Gasteiger partial charge in [0.25, 0.3) is 0 Å². The largest absolute Gasteiger partial charge is 0.353 e. The fourth-order valence-electron chi connectivity index (χ4n) is 3.51. The maximum atomic E-state index is 11.0. The summed E-state index contributed by atoms with van der Waals surface area (Å²) >= 11 is 0. The summed E-state index contributed by atoms with van der Waals surface area (Å²) in [5.41, 5.74) is 2.12. The summed E-state index contributed by atoms with van der Waals surface area (Å²) in [4.78, 5) is 11.0. The monoisotopic (exact) mass is 376 g/mol. The lowest BCUT2D eigenvalue weighted by molar-refractivity contribution is -0.123. The van der Waals surface area contributed by atoms with Crippen molar-refractivity contribution in [2.45, 2.75) is 72.5 Å². The minimum atomic E-state index is -0.0370. The first-order chi connectivity index (χ1) is 13.1. The summed E-state index contributed by atoms with van der Waals surface area (Å²) < 4.78 is 10.1. The van der Waals surface area contributed by atoms with E-state index in [4.69, 9.17) is 9.47 Å². The van der Waals surface area contributed by atoms with Crippen molar-refractivity contribution in [1.82, 2.24) is 0 Å². The van der Waals surface area contributed by atoms with Gasteiger partial charge in [-0.1, -0.05) is 50.5 Å². The molecule has 0 aromatic heterocycles. The number of benzene rings is 1. The molecule has 27 heavy (non-hydrogen) atoms. The molecule has 0 heterocycles. The lowest BCUT2D eigenvalue weighted by atomic mass is 9.78. The lowest BCUT2D eigenvalue weighted by Crippen LogP contribution is -2.16. The molecule has 0 bridgehead atoms. The number of carbonyl (C=O) groups is 1. The van der Waals surface area contributed by atoms with Crippen molar-refractivity contribution < 1.29 is 14.3 Å². The molecule has 154 valence electrons. The van der Waals surface area contributed by atoms with Gasteiger partial charge in [0.2, 0.25) is 0 Å². The van der Waals surface area contributed by atoms with Gasteiger partial charge in [-0.2, -0.15) is 0 Å². The molecule has 0 saturated heterocycles. The Morgan fingerprint density at radius 3 is 2.00 bits per heavy atom. The molecule has 1 fully saturated rings. The van der Waals surface area contributed by atoms with E-state index in [9.17, 15) is 4.79 Å². The van der Waals surface area contributed by atoms with Gasteiger partial charge in [-0.05, 0) is 57.4 Å². The molecule has 1 aromatic carbocycles. The standard InChI is InChI=1S/C16H22O.C6H14O2.C2H4/c1-2-13-7-9-14(10-8-13)11-15-5-3-4-6-16(15)12-17;1-4-7-6(3)8-5-2;1-2/h3-6,12-14H,2,7-11H2,1H3;6H,4-5H2,1-3H3;1-2H2. The SMILES string of the molecule is C=C.CCC1CCC(Cc2ccccc2C=O)CC1.CCOC(C)OCC. The second-order valence-electron chi connectivity index (χ2n) is 6.79. The molecule has 0 radical (unpaired) electrons. The van der Waals surface area contributed by atoms with Crippen molar-refractivity contribution in [2.75, 3.05) is 13.2 Å². The van der Waals surface area contributed by atoms with E-state index in [1.807, 2.05) is 39.0 Å². The van der Waals surface area contributed by atoms with Crippen molar-refractivity contribution in [3.63, 3.8) is 0 Å². The van der Waals surface area contributed by atoms with Crippen LogP contribution in [0.5, 0.6) is 0 Å². The summed E-state index contributed by atoms with van der Waals surface area (Å²) in [5.74, 6) is 1.74. The van der Waals surface area contributed by atoms with E-state index in [0.29, 0.717) is 0 Å². The summed E-state index contributed by atoms with van der Waals surface area (Å²) in [5, 5.41) is 0. The highest BCUT2D eigenvalue weighted by atomic mass is 16.7. The Morgan fingerprint density at radius 1 is 1.00 bits per heavy atom. The second-order valence-corrected chi connectivity index (χ2v) is 6.79. The lowest BCUT2D eigenvalue weighted by Gasteiger charge is -2.28.